The van der Waals surface area contributed by atoms with Crippen molar-refractivity contribution in [2.75, 3.05) is 11.9 Å². The zero-order chi connectivity index (χ0) is 18.6. The standard InChI is InChI=1S/C17H21F3N4S/c1-11-5-6-14(12(2)9-11)22-16(25)21-7-4-8-24-13(3)10-15(23-24)17(18,19)20/h5-6,9-10H,4,7-8H2,1-3H3,(H2,21,22,25). The number of aryl methyl sites for hydroxylation is 4. The number of nitrogens with zero attached hydrogens (tertiary/aromatic N) is 2. The van der Waals surface area contributed by atoms with Crippen molar-refractivity contribution in [2.45, 2.75) is 39.9 Å². The van der Waals surface area contributed by atoms with E-state index in [2.05, 4.69) is 21.8 Å². The summed E-state index contributed by atoms with van der Waals surface area (Å²) in [6.07, 6.45) is -3.81. The number of alkyl halides is 3. The van der Waals surface area contributed by atoms with Crippen LogP contribution in [0.15, 0.2) is 24.3 Å². The van der Waals surface area contributed by atoms with Gasteiger partial charge >= 0.3 is 6.18 Å². The Labute approximate surface area is 150 Å². The first-order valence-corrected chi connectivity index (χ1v) is 8.31. The van der Waals surface area contributed by atoms with Gasteiger partial charge in [-0.2, -0.15) is 18.3 Å². The molecule has 0 bridgehead atoms. The summed E-state index contributed by atoms with van der Waals surface area (Å²) in [5.41, 5.74) is 2.83. The Kier molecular flexibility index (Phi) is 6.05. The van der Waals surface area contributed by atoms with E-state index in [9.17, 15) is 13.2 Å². The molecule has 2 aromatic rings. The van der Waals surface area contributed by atoms with Gasteiger partial charge in [0, 0.05) is 24.5 Å². The number of anilines is 1. The molecule has 1 heterocycles. The summed E-state index contributed by atoms with van der Waals surface area (Å²) in [6, 6.07) is 7.07. The summed E-state index contributed by atoms with van der Waals surface area (Å²) >= 11 is 5.24. The maximum atomic E-state index is 12.6. The van der Waals surface area contributed by atoms with Crippen molar-refractivity contribution in [1.29, 1.82) is 0 Å². The summed E-state index contributed by atoms with van der Waals surface area (Å²) < 4.78 is 39.2. The number of hydrogen-bond acceptors (Lipinski definition) is 2. The van der Waals surface area contributed by atoms with Gasteiger partial charge in [0.2, 0.25) is 0 Å². The largest absolute Gasteiger partial charge is 0.435 e. The van der Waals surface area contributed by atoms with Crippen molar-refractivity contribution < 1.29 is 13.2 Å². The molecule has 0 saturated carbocycles. The molecule has 0 aliphatic heterocycles. The highest BCUT2D eigenvalue weighted by molar-refractivity contribution is 7.80. The zero-order valence-electron chi connectivity index (χ0n) is 14.4. The van der Waals surface area contributed by atoms with Crippen molar-refractivity contribution in [2.24, 2.45) is 0 Å². The van der Waals surface area contributed by atoms with Gasteiger partial charge in [0.05, 0.1) is 0 Å². The van der Waals surface area contributed by atoms with Gasteiger partial charge in [-0.3, -0.25) is 4.68 Å². The molecular weight excluding hydrogens is 349 g/mol. The Balaban J connectivity index is 1.79. The molecule has 1 aromatic carbocycles. The molecule has 0 saturated heterocycles. The number of benzene rings is 1. The molecule has 0 spiro atoms. The minimum atomic E-state index is -4.41. The van der Waals surface area contributed by atoms with Crippen molar-refractivity contribution >= 4 is 23.0 Å². The van der Waals surface area contributed by atoms with Gasteiger partial charge in [0.25, 0.3) is 0 Å². The smallest absolute Gasteiger partial charge is 0.362 e. The fourth-order valence-corrected chi connectivity index (χ4v) is 2.64. The summed E-state index contributed by atoms with van der Waals surface area (Å²) in [5.74, 6) is 0. The second kappa shape index (κ2) is 7.86. The minimum Gasteiger partial charge on any atom is -0.362 e. The van der Waals surface area contributed by atoms with E-state index in [0.29, 0.717) is 30.3 Å². The molecule has 0 fully saturated rings. The number of rotatable bonds is 5. The lowest BCUT2D eigenvalue weighted by molar-refractivity contribution is -0.141. The zero-order valence-corrected chi connectivity index (χ0v) is 15.2. The van der Waals surface area contributed by atoms with E-state index in [-0.39, 0.29) is 0 Å². The Morgan fingerprint density at radius 2 is 1.92 bits per heavy atom. The van der Waals surface area contributed by atoms with Crippen LogP contribution in [-0.4, -0.2) is 21.4 Å². The molecule has 136 valence electrons. The Morgan fingerprint density at radius 1 is 1.20 bits per heavy atom. The lowest BCUT2D eigenvalue weighted by Crippen LogP contribution is -2.30. The predicted molar refractivity (Wildman–Crippen MR) is 96.7 cm³/mol. The Morgan fingerprint density at radius 3 is 2.52 bits per heavy atom. The highest BCUT2D eigenvalue weighted by Gasteiger charge is 2.34. The summed E-state index contributed by atoms with van der Waals surface area (Å²) in [6.45, 7) is 6.56. The van der Waals surface area contributed by atoms with Crippen molar-refractivity contribution in [3.63, 3.8) is 0 Å². The van der Waals surface area contributed by atoms with Crippen LogP contribution in [0.25, 0.3) is 0 Å². The first-order chi connectivity index (χ1) is 11.7. The molecule has 2 N–H and O–H groups in total. The van der Waals surface area contributed by atoms with E-state index in [0.717, 1.165) is 17.3 Å². The topological polar surface area (TPSA) is 41.9 Å². The van der Waals surface area contributed by atoms with E-state index in [1.54, 1.807) is 6.92 Å². The van der Waals surface area contributed by atoms with Gasteiger partial charge in [-0.1, -0.05) is 17.7 Å². The molecule has 25 heavy (non-hydrogen) atoms. The molecular formula is C17H21F3N4S. The lowest BCUT2D eigenvalue weighted by atomic mass is 10.1. The first-order valence-electron chi connectivity index (χ1n) is 7.90. The Hall–Kier alpha value is -2.09. The molecule has 0 aliphatic carbocycles. The Bertz CT molecular complexity index is 753. The highest BCUT2D eigenvalue weighted by Crippen LogP contribution is 2.28. The van der Waals surface area contributed by atoms with Crippen LogP contribution in [0.5, 0.6) is 0 Å². The fraction of sp³-hybridized carbons (Fsp3) is 0.412. The number of nitrogens with one attached hydrogen (secondary N) is 2. The average molecular weight is 370 g/mol. The molecule has 0 amide bonds. The number of thiocarbonyl (C=S) groups is 1. The SMILES string of the molecule is Cc1ccc(NC(=S)NCCCn2nc(C(F)(F)F)cc2C)c(C)c1. The first kappa shape index (κ1) is 19.2. The minimum absolute atomic E-state index is 0.390. The van der Waals surface area contributed by atoms with Crippen LogP contribution in [0.2, 0.25) is 0 Å². The van der Waals surface area contributed by atoms with Crippen LogP contribution < -0.4 is 10.6 Å². The van der Waals surface area contributed by atoms with Crippen LogP contribution in [0.1, 0.15) is 28.9 Å². The average Bonchev–Trinajstić information content (AvgIpc) is 2.88. The monoisotopic (exact) mass is 370 g/mol. The second-order valence-corrected chi connectivity index (χ2v) is 6.35. The van der Waals surface area contributed by atoms with Crippen LogP contribution in [0.4, 0.5) is 18.9 Å². The maximum Gasteiger partial charge on any atom is 0.435 e. The van der Waals surface area contributed by atoms with E-state index in [1.807, 2.05) is 26.0 Å². The van der Waals surface area contributed by atoms with Crippen molar-refractivity contribution in [3.05, 3.63) is 46.8 Å². The second-order valence-electron chi connectivity index (χ2n) is 5.94. The van der Waals surface area contributed by atoms with Crippen molar-refractivity contribution in [1.82, 2.24) is 15.1 Å². The van der Waals surface area contributed by atoms with Crippen LogP contribution in [0, 0.1) is 20.8 Å². The molecule has 2 rings (SSSR count). The molecule has 1 aromatic heterocycles. The van der Waals surface area contributed by atoms with Crippen molar-refractivity contribution in [3.8, 4) is 0 Å². The molecule has 4 nitrogen and oxygen atoms in total. The third-order valence-corrected chi connectivity index (χ3v) is 3.98. The van der Waals surface area contributed by atoms with Crippen LogP contribution in [-0.2, 0) is 12.7 Å². The van der Waals surface area contributed by atoms with Gasteiger partial charge in [-0.05, 0) is 57.1 Å². The van der Waals surface area contributed by atoms with Gasteiger partial charge in [-0.15, -0.1) is 0 Å². The van der Waals surface area contributed by atoms with E-state index >= 15 is 0 Å². The summed E-state index contributed by atoms with van der Waals surface area (Å²) in [5, 5.41) is 10.3. The van der Waals surface area contributed by atoms with Crippen LogP contribution in [0.3, 0.4) is 0 Å². The third kappa shape index (κ3) is 5.45. The quantitative estimate of drug-likeness (QED) is 0.611. The predicted octanol–water partition coefficient (Wildman–Crippen LogP) is 4.20. The summed E-state index contributed by atoms with van der Waals surface area (Å²) in [4.78, 5) is 0. The van der Waals surface area contributed by atoms with E-state index in [1.165, 1.54) is 10.2 Å². The number of hydrogen-bond donors (Lipinski definition) is 2. The normalized spacial score (nSPS) is 11.4. The maximum absolute atomic E-state index is 12.6. The molecule has 0 atom stereocenters. The van der Waals surface area contributed by atoms with Gasteiger partial charge in [-0.25, -0.2) is 0 Å². The van der Waals surface area contributed by atoms with E-state index < -0.39 is 11.9 Å². The van der Waals surface area contributed by atoms with Gasteiger partial charge < -0.3 is 10.6 Å². The van der Waals surface area contributed by atoms with Gasteiger partial charge in [0.1, 0.15) is 0 Å². The number of aromatic nitrogens is 2. The third-order valence-electron chi connectivity index (χ3n) is 3.73. The fourth-order valence-electron chi connectivity index (χ4n) is 2.43. The summed E-state index contributed by atoms with van der Waals surface area (Å²) in [7, 11) is 0. The van der Waals surface area contributed by atoms with Crippen LogP contribution >= 0.6 is 12.2 Å². The molecule has 0 unspecified atom stereocenters. The lowest BCUT2D eigenvalue weighted by Gasteiger charge is -2.13. The molecule has 0 aliphatic rings. The molecule has 8 heteroatoms. The van der Waals surface area contributed by atoms with E-state index in [4.69, 9.17) is 12.2 Å². The molecule has 0 radical (unpaired) electrons. The number of halogens is 3. The highest BCUT2D eigenvalue weighted by atomic mass is 32.1. The van der Waals surface area contributed by atoms with Gasteiger partial charge in [0.15, 0.2) is 10.8 Å².